The summed E-state index contributed by atoms with van der Waals surface area (Å²) in [7, 11) is 0. The molecule has 1 aromatic heterocycles. The van der Waals surface area contributed by atoms with Crippen molar-refractivity contribution in [3.63, 3.8) is 0 Å². The van der Waals surface area contributed by atoms with Crippen LogP contribution in [0, 0.1) is 27.7 Å². The van der Waals surface area contributed by atoms with Crippen molar-refractivity contribution in [2.45, 2.75) is 27.7 Å². The monoisotopic (exact) mass is 228 g/mol. The van der Waals surface area contributed by atoms with Gasteiger partial charge in [-0.15, -0.1) is 5.11 Å². The zero-order valence-corrected chi connectivity index (χ0v) is 10.6. The van der Waals surface area contributed by atoms with Crippen LogP contribution < -0.4 is 0 Å². The lowest BCUT2D eigenvalue weighted by Crippen LogP contribution is -1.75. The van der Waals surface area contributed by atoms with Gasteiger partial charge in [0.25, 0.3) is 0 Å². The second kappa shape index (κ2) is 4.49. The highest BCUT2D eigenvalue weighted by atomic mass is 15.2. The highest BCUT2D eigenvalue weighted by Gasteiger charge is 2.04. The highest BCUT2D eigenvalue weighted by molar-refractivity contribution is 5.47. The summed E-state index contributed by atoms with van der Waals surface area (Å²) < 4.78 is 0. The Balaban J connectivity index is 2.32. The molecule has 0 aliphatic rings. The molecule has 88 valence electrons. The summed E-state index contributed by atoms with van der Waals surface area (Å²) in [6.07, 6.45) is 0. The molecule has 0 radical (unpaired) electrons. The lowest BCUT2D eigenvalue weighted by atomic mass is 10.1. The third-order valence-electron chi connectivity index (χ3n) is 2.56. The number of H-pyrrole nitrogens is 1. The quantitative estimate of drug-likeness (QED) is 0.774. The molecule has 0 spiro atoms. The van der Waals surface area contributed by atoms with E-state index in [1.807, 2.05) is 26.0 Å². The Morgan fingerprint density at radius 2 is 1.59 bits per heavy atom. The first-order chi connectivity index (χ1) is 8.06. The molecule has 0 aliphatic heterocycles. The smallest absolute Gasteiger partial charge is 0.129 e. The van der Waals surface area contributed by atoms with E-state index in [0.717, 1.165) is 22.8 Å². The Bertz CT molecular complexity index is 527. The number of nitrogens with zero attached hydrogens (tertiary/aromatic N) is 3. The second-order valence-corrected chi connectivity index (χ2v) is 4.33. The minimum absolute atomic E-state index is 0.823. The summed E-state index contributed by atoms with van der Waals surface area (Å²) in [6, 6.07) is 6.15. The van der Waals surface area contributed by atoms with Gasteiger partial charge < -0.3 is 0 Å². The first-order valence-electron chi connectivity index (χ1n) is 5.58. The van der Waals surface area contributed by atoms with Gasteiger partial charge in [-0.05, 0) is 51.0 Å². The zero-order chi connectivity index (χ0) is 12.4. The molecule has 2 aromatic rings. The van der Waals surface area contributed by atoms with Crippen LogP contribution in [0.5, 0.6) is 0 Å². The predicted molar refractivity (Wildman–Crippen MR) is 68.2 cm³/mol. The molecule has 0 fully saturated rings. The first-order valence-corrected chi connectivity index (χ1v) is 5.58. The maximum Gasteiger partial charge on any atom is 0.129 e. The van der Waals surface area contributed by atoms with Crippen molar-refractivity contribution < 1.29 is 0 Å². The minimum atomic E-state index is 0.823. The number of aromatic amines is 1. The Morgan fingerprint density at radius 3 is 2.12 bits per heavy atom. The molecule has 1 N–H and O–H groups in total. The lowest BCUT2D eigenvalue weighted by Gasteiger charge is -1.98. The minimum Gasteiger partial charge on any atom is -0.280 e. The topological polar surface area (TPSA) is 53.4 Å². The average molecular weight is 228 g/mol. The molecule has 0 aliphatic carbocycles. The Labute approximate surface area is 101 Å². The van der Waals surface area contributed by atoms with Crippen LogP contribution in [-0.2, 0) is 0 Å². The van der Waals surface area contributed by atoms with E-state index in [-0.39, 0.29) is 0 Å². The number of hydrogen-bond donors (Lipinski definition) is 1. The van der Waals surface area contributed by atoms with Gasteiger partial charge in [-0.1, -0.05) is 6.07 Å². The fraction of sp³-hybridized carbons (Fsp3) is 0.308. The van der Waals surface area contributed by atoms with Gasteiger partial charge in [0, 0.05) is 0 Å². The number of nitrogens with one attached hydrogen (secondary N) is 1. The summed E-state index contributed by atoms with van der Waals surface area (Å²) in [5.74, 6) is 0. The second-order valence-electron chi connectivity index (χ2n) is 4.33. The van der Waals surface area contributed by atoms with Crippen LogP contribution in [0.3, 0.4) is 0 Å². The summed E-state index contributed by atoms with van der Waals surface area (Å²) in [4.78, 5) is 0. The molecule has 0 unspecified atom stereocenters. The van der Waals surface area contributed by atoms with Gasteiger partial charge in [-0.3, -0.25) is 5.10 Å². The average Bonchev–Trinajstić information content (AvgIpc) is 2.55. The van der Waals surface area contributed by atoms with Crippen molar-refractivity contribution in [1.29, 1.82) is 0 Å². The van der Waals surface area contributed by atoms with Crippen molar-refractivity contribution in [2.75, 3.05) is 0 Å². The number of azo groups is 1. The van der Waals surface area contributed by atoms with E-state index in [1.165, 1.54) is 11.1 Å². The van der Waals surface area contributed by atoms with Gasteiger partial charge in [-0.25, -0.2) is 0 Å². The molecule has 2 rings (SSSR count). The normalized spacial score (nSPS) is 11.3. The van der Waals surface area contributed by atoms with Crippen molar-refractivity contribution in [3.8, 4) is 0 Å². The van der Waals surface area contributed by atoms with E-state index in [0.29, 0.717) is 0 Å². The summed E-state index contributed by atoms with van der Waals surface area (Å²) in [5, 5.41) is 15.5. The molecule has 0 amide bonds. The van der Waals surface area contributed by atoms with Crippen LogP contribution in [0.25, 0.3) is 0 Å². The molecule has 1 aromatic carbocycles. The third-order valence-corrected chi connectivity index (χ3v) is 2.56. The molecule has 4 heteroatoms. The van der Waals surface area contributed by atoms with Crippen LogP contribution in [0.15, 0.2) is 28.4 Å². The van der Waals surface area contributed by atoms with Gasteiger partial charge in [-0.2, -0.15) is 10.2 Å². The largest absolute Gasteiger partial charge is 0.280 e. The lowest BCUT2D eigenvalue weighted by molar-refractivity contribution is 1.02. The molecule has 0 saturated carbocycles. The number of aromatic nitrogens is 2. The van der Waals surface area contributed by atoms with Crippen LogP contribution in [-0.4, -0.2) is 10.2 Å². The molecular weight excluding hydrogens is 212 g/mol. The summed E-state index contributed by atoms with van der Waals surface area (Å²) in [5.41, 5.74) is 5.90. The SMILES string of the molecule is Cc1cc(C)cc(/N=N/c2c(C)n[nH]c2C)c1. The Kier molecular flexibility index (Phi) is 3.04. The maximum atomic E-state index is 4.26. The maximum absolute atomic E-state index is 4.26. The van der Waals surface area contributed by atoms with Crippen LogP contribution in [0.2, 0.25) is 0 Å². The number of aryl methyl sites for hydroxylation is 4. The number of benzene rings is 1. The molecule has 17 heavy (non-hydrogen) atoms. The van der Waals surface area contributed by atoms with Crippen LogP contribution in [0.4, 0.5) is 11.4 Å². The van der Waals surface area contributed by atoms with E-state index in [9.17, 15) is 0 Å². The van der Waals surface area contributed by atoms with Gasteiger partial charge in [0.05, 0.1) is 17.1 Å². The van der Waals surface area contributed by atoms with Crippen molar-refractivity contribution >= 4 is 11.4 Å². The van der Waals surface area contributed by atoms with Crippen LogP contribution in [0.1, 0.15) is 22.5 Å². The molecule has 1 heterocycles. The van der Waals surface area contributed by atoms with Gasteiger partial charge >= 0.3 is 0 Å². The van der Waals surface area contributed by atoms with Crippen molar-refractivity contribution in [2.24, 2.45) is 10.2 Å². The fourth-order valence-corrected chi connectivity index (χ4v) is 1.81. The Morgan fingerprint density at radius 1 is 0.941 bits per heavy atom. The predicted octanol–water partition coefficient (Wildman–Crippen LogP) is 4.06. The molecule has 0 atom stereocenters. The van der Waals surface area contributed by atoms with E-state index < -0.39 is 0 Å². The molecular formula is C13H16N4. The van der Waals surface area contributed by atoms with E-state index >= 15 is 0 Å². The third kappa shape index (κ3) is 2.58. The first kappa shape index (κ1) is 11.5. The van der Waals surface area contributed by atoms with Gasteiger partial charge in [0.1, 0.15) is 5.69 Å². The molecule has 0 bridgehead atoms. The summed E-state index contributed by atoms with van der Waals surface area (Å²) in [6.45, 7) is 7.97. The van der Waals surface area contributed by atoms with Crippen LogP contribution >= 0.6 is 0 Å². The molecule has 4 nitrogen and oxygen atoms in total. The van der Waals surface area contributed by atoms with E-state index in [1.54, 1.807) is 0 Å². The summed E-state index contributed by atoms with van der Waals surface area (Å²) >= 11 is 0. The zero-order valence-electron chi connectivity index (χ0n) is 10.6. The number of rotatable bonds is 2. The van der Waals surface area contributed by atoms with Crippen molar-refractivity contribution in [1.82, 2.24) is 10.2 Å². The molecule has 0 saturated heterocycles. The van der Waals surface area contributed by atoms with Gasteiger partial charge in [0.2, 0.25) is 0 Å². The fourth-order valence-electron chi connectivity index (χ4n) is 1.81. The Hall–Kier alpha value is -1.97. The van der Waals surface area contributed by atoms with Gasteiger partial charge in [0.15, 0.2) is 0 Å². The highest BCUT2D eigenvalue weighted by Crippen LogP contribution is 2.24. The van der Waals surface area contributed by atoms with E-state index in [2.05, 4.69) is 40.3 Å². The standard InChI is InChI=1S/C13H16N4/c1-8-5-9(2)7-12(6-8)16-17-13-10(3)14-15-11(13)4/h5-7H,1-4H3,(H,14,15)/b17-16+. The number of hydrogen-bond acceptors (Lipinski definition) is 3. The van der Waals surface area contributed by atoms with E-state index in [4.69, 9.17) is 0 Å². The van der Waals surface area contributed by atoms with Crippen molar-refractivity contribution in [3.05, 3.63) is 40.7 Å².